The maximum Gasteiger partial charge on any atom is 0.276 e. The number of aromatic nitrogens is 2. The van der Waals surface area contributed by atoms with Crippen molar-refractivity contribution in [3.05, 3.63) is 5.89 Å². The van der Waals surface area contributed by atoms with E-state index in [2.05, 4.69) is 24.0 Å². The Kier molecular flexibility index (Phi) is 5.11. The van der Waals surface area contributed by atoms with Crippen LogP contribution in [0.4, 0.5) is 0 Å². The summed E-state index contributed by atoms with van der Waals surface area (Å²) in [5, 5.41) is 8.76. The van der Waals surface area contributed by atoms with E-state index >= 15 is 0 Å². The van der Waals surface area contributed by atoms with E-state index in [1.54, 1.807) is 18.7 Å². The Morgan fingerprint density at radius 3 is 2.60 bits per heavy atom. The Morgan fingerprint density at radius 2 is 2.13 bits per heavy atom. The summed E-state index contributed by atoms with van der Waals surface area (Å²) in [6, 6.07) is 0.206. The lowest BCUT2D eigenvalue weighted by Gasteiger charge is -2.19. The molecule has 0 amide bonds. The molecule has 2 unspecified atom stereocenters. The number of hydrogen-bond acceptors (Lipinski definition) is 5. The first-order chi connectivity index (χ1) is 7.17. The number of aryl methyl sites for hydroxylation is 1. The van der Waals surface area contributed by atoms with Crippen molar-refractivity contribution < 1.29 is 4.42 Å². The summed E-state index contributed by atoms with van der Waals surface area (Å²) < 4.78 is 5.33. The van der Waals surface area contributed by atoms with Crippen LogP contribution in [-0.2, 0) is 0 Å². The Balaban J connectivity index is 2.53. The van der Waals surface area contributed by atoms with Crippen LogP contribution >= 0.6 is 11.8 Å². The minimum Gasteiger partial charge on any atom is -0.416 e. The summed E-state index contributed by atoms with van der Waals surface area (Å²) in [6.07, 6.45) is 3.17. The third-order valence-corrected chi connectivity index (χ3v) is 3.61. The SMILES string of the molecule is CCCC(N)C(CC)Sc1nnc(C)o1. The normalized spacial score (nSPS) is 15.2. The minimum atomic E-state index is 0.206. The quantitative estimate of drug-likeness (QED) is 0.759. The molecule has 0 aliphatic heterocycles. The van der Waals surface area contributed by atoms with Crippen LogP contribution in [0.2, 0.25) is 0 Å². The summed E-state index contributed by atoms with van der Waals surface area (Å²) in [7, 11) is 0. The zero-order valence-electron chi connectivity index (χ0n) is 9.56. The third kappa shape index (κ3) is 3.83. The molecule has 1 rings (SSSR count). The fourth-order valence-corrected chi connectivity index (χ4v) is 2.44. The summed E-state index contributed by atoms with van der Waals surface area (Å²) >= 11 is 1.59. The molecule has 1 heterocycles. The molecule has 0 fully saturated rings. The lowest BCUT2D eigenvalue weighted by Crippen LogP contribution is -2.31. The Hall–Kier alpha value is -0.550. The van der Waals surface area contributed by atoms with Gasteiger partial charge >= 0.3 is 0 Å². The van der Waals surface area contributed by atoms with Gasteiger partial charge in [0.05, 0.1) is 0 Å². The number of nitrogens with two attached hydrogens (primary N) is 1. The van der Waals surface area contributed by atoms with Crippen molar-refractivity contribution in [2.24, 2.45) is 5.73 Å². The van der Waals surface area contributed by atoms with Gasteiger partial charge in [-0.2, -0.15) is 0 Å². The van der Waals surface area contributed by atoms with Gasteiger partial charge in [-0.05, 0) is 12.8 Å². The average Bonchev–Trinajstić information content (AvgIpc) is 2.61. The van der Waals surface area contributed by atoms with E-state index in [1.807, 2.05) is 0 Å². The monoisotopic (exact) mass is 229 g/mol. The predicted molar refractivity (Wildman–Crippen MR) is 61.9 cm³/mol. The van der Waals surface area contributed by atoms with Crippen LogP contribution in [0.25, 0.3) is 0 Å². The van der Waals surface area contributed by atoms with Gasteiger partial charge in [0.25, 0.3) is 5.22 Å². The van der Waals surface area contributed by atoms with Gasteiger partial charge in [0.1, 0.15) is 0 Å². The smallest absolute Gasteiger partial charge is 0.276 e. The minimum absolute atomic E-state index is 0.206. The summed E-state index contributed by atoms with van der Waals surface area (Å²) in [6.45, 7) is 6.08. The average molecular weight is 229 g/mol. The molecule has 0 aliphatic rings. The van der Waals surface area contributed by atoms with Gasteiger partial charge in [-0.15, -0.1) is 10.2 Å². The third-order valence-electron chi connectivity index (χ3n) is 2.26. The predicted octanol–water partition coefficient (Wildman–Crippen LogP) is 2.38. The van der Waals surface area contributed by atoms with Gasteiger partial charge in [-0.1, -0.05) is 32.0 Å². The van der Waals surface area contributed by atoms with Gasteiger partial charge in [0.2, 0.25) is 5.89 Å². The van der Waals surface area contributed by atoms with E-state index in [0.717, 1.165) is 19.3 Å². The van der Waals surface area contributed by atoms with Crippen LogP contribution in [0.1, 0.15) is 39.0 Å². The van der Waals surface area contributed by atoms with Gasteiger partial charge in [0.15, 0.2) is 0 Å². The Labute approximate surface area is 95.0 Å². The zero-order valence-corrected chi connectivity index (χ0v) is 10.4. The molecule has 0 bridgehead atoms. The topological polar surface area (TPSA) is 64.9 Å². The first kappa shape index (κ1) is 12.5. The molecular weight excluding hydrogens is 210 g/mol. The molecule has 15 heavy (non-hydrogen) atoms. The highest BCUT2D eigenvalue weighted by molar-refractivity contribution is 7.99. The highest BCUT2D eigenvalue weighted by Gasteiger charge is 2.19. The largest absolute Gasteiger partial charge is 0.416 e. The van der Waals surface area contributed by atoms with E-state index in [-0.39, 0.29) is 6.04 Å². The van der Waals surface area contributed by atoms with Crippen LogP contribution in [-0.4, -0.2) is 21.5 Å². The fraction of sp³-hybridized carbons (Fsp3) is 0.800. The number of hydrogen-bond donors (Lipinski definition) is 1. The molecule has 4 nitrogen and oxygen atoms in total. The molecule has 2 N–H and O–H groups in total. The standard InChI is InChI=1S/C10H19N3OS/c1-4-6-8(11)9(5-2)15-10-13-12-7(3)14-10/h8-9H,4-6,11H2,1-3H3. The maximum absolute atomic E-state index is 6.08. The Bertz CT molecular complexity index is 290. The van der Waals surface area contributed by atoms with E-state index in [0.29, 0.717) is 16.4 Å². The molecule has 0 saturated carbocycles. The Morgan fingerprint density at radius 1 is 1.40 bits per heavy atom. The van der Waals surface area contributed by atoms with Gasteiger partial charge < -0.3 is 10.2 Å². The number of thioether (sulfide) groups is 1. The van der Waals surface area contributed by atoms with E-state index < -0.39 is 0 Å². The van der Waals surface area contributed by atoms with Crippen LogP contribution in [0.15, 0.2) is 9.64 Å². The van der Waals surface area contributed by atoms with Crippen LogP contribution in [0.5, 0.6) is 0 Å². The van der Waals surface area contributed by atoms with Crippen LogP contribution < -0.4 is 5.73 Å². The van der Waals surface area contributed by atoms with Gasteiger partial charge in [0, 0.05) is 18.2 Å². The van der Waals surface area contributed by atoms with Crippen molar-refractivity contribution >= 4 is 11.8 Å². The molecule has 0 radical (unpaired) electrons. The van der Waals surface area contributed by atoms with Crippen molar-refractivity contribution in [2.75, 3.05) is 0 Å². The molecule has 2 atom stereocenters. The molecule has 5 heteroatoms. The maximum atomic E-state index is 6.08. The number of nitrogens with zero attached hydrogens (tertiary/aromatic N) is 2. The van der Waals surface area contributed by atoms with Crippen molar-refractivity contribution in [2.45, 2.75) is 56.5 Å². The van der Waals surface area contributed by atoms with Crippen molar-refractivity contribution in [3.63, 3.8) is 0 Å². The molecule has 0 aromatic carbocycles. The molecule has 86 valence electrons. The zero-order chi connectivity index (χ0) is 11.3. The highest BCUT2D eigenvalue weighted by Crippen LogP contribution is 2.27. The summed E-state index contributed by atoms with van der Waals surface area (Å²) in [4.78, 5) is 0. The second kappa shape index (κ2) is 6.12. The van der Waals surface area contributed by atoms with Crippen molar-refractivity contribution in [1.82, 2.24) is 10.2 Å². The second-order valence-electron chi connectivity index (χ2n) is 3.60. The summed E-state index contributed by atoms with van der Waals surface area (Å²) in [5.41, 5.74) is 6.08. The van der Waals surface area contributed by atoms with Crippen LogP contribution in [0.3, 0.4) is 0 Å². The summed E-state index contributed by atoms with van der Waals surface area (Å²) in [5.74, 6) is 0.608. The second-order valence-corrected chi connectivity index (χ2v) is 4.79. The molecule has 0 aliphatic carbocycles. The first-order valence-corrected chi connectivity index (χ1v) is 6.27. The molecule has 0 saturated heterocycles. The van der Waals surface area contributed by atoms with Gasteiger partial charge in [-0.3, -0.25) is 0 Å². The lowest BCUT2D eigenvalue weighted by molar-refractivity contribution is 0.426. The molecule has 1 aromatic rings. The van der Waals surface area contributed by atoms with Gasteiger partial charge in [-0.25, -0.2) is 0 Å². The first-order valence-electron chi connectivity index (χ1n) is 5.39. The molecular formula is C10H19N3OS. The lowest BCUT2D eigenvalue weighted by atomic mass is 10.1. The van der Waals surface area contributed by atoms with Crippen molar-refractivity contribution in [1.29, 1.82) is 0 Å². The fourth-order valence-electron chi connectivity index (χ4n) is 1.45. The van der Waals surface area contributed by atoms with Crippen molar-refractivity contribution in [3.8, 4) is 0 Å². The van der Waals surface area contributed by atoms with Crippen LogP contribution in [0, 0.1) is 6.92 Å². The highest BCUT2D eigenvalue weighted by atomic mass is 32.2. The van der Waals surface area contributed by atoms with E-state index in [9.17, 15) is 0 Å². The van der Waals surface area contributed by atoms with E-state index in [4.69, 9.17) is 10.2 Å². The van der Waals surface area contributed by atoms with E-state index in [1.165, 1.54) is 0 Å². The molecule has 0 spiro atoms. The number of rotatable bonds is 6. The molecule has 1 aromatic heterocycles.